The average Bonchev–Trinajstić information content (AvgIpc) is 3.47. The molecule has 0 spiro atoms. The van der Waals surface area contributed by atoms with Gasteiger partial charge in [0.1, 0.15) is 6.04 Å². The molecule has 1 aliphatic heterocycles. The van der Waals surface area contributed by atoms with Crippen molar-refractivity contribution >= 4 is 38.7 Å². The van der Waals surface area contributed by atoms with Gasteiger partial charge in [0, 0.05) is 22.2 Å². The van der Waals surface area contributed by atoms with E-state index in [9.17, 15) is 4.79 Å². The molecule has 0 bridgehead atoms. The van der Waals surface area contributed by atoms with Crippen LogP contribution in [0.15, 0.2) is 44.8 Å². The highest BCUT2D eigenvalue weighted by Crippen LogP contribution is 2.34. The van der Waals surface area contributed by atoms with Crippen LogP contribution in [0.3, 0.4) is 0 Å². The van der Waals surface area contributed by atoms with Crippen LogP contribution in [0.4, 0.5) is 0 Å². The number of aryl methyl sites for hydroxylation is 1. The molecule has 1 fully saturated rings. The third kappa shape index (κ3) is 3.14. The van der Waals surface area contributed by atoms with Crippen LogP contribution < -0.4 is 0 Å². The second kappa shape index (κ2) is 7.14. The Labute approximate surface area is 170 Å². The van der Waals surface area contributed by atoms with Crippen LogP contribution in [-0.4, -0.2) is 27.5 Å². The Morgan fingerprint density at radius 1 is 1.29 bits per heavy atom. The Hall–Kier alpha value is -2.51. The minimum atomic E-state index is -0.126. The number of carbonyl (C=O) groups excluding carboxylic acids is 1. The zero-order valence-corrected chi connectivity index (χ0v) is 17.1. The number of nitrogens with zero attached hydrogens (tertiary/aromatic N) is 3. The summed E-state index contributed by atoms with van der Waals surface area (Å²) in [5, 5.41) is 15.7. The van der Waals surface area contributed by atoms with Gasteiger partial charge < -0.3 is 9.32 Å². The molecule has 4 aromatic rings. The second-order valence-electron chi connectivity index (χ2n) is 7.14. The molecule has 1 aromatic carbocycles. The lowest BCUT2D eigenvalue weighted by atomic mass is 10.1. The fraction of sp³-hybridized carbons (Fsp3) is 0.286. The van der Waals surface area contributed by atoms with E-state index in [1.807, 2.05) is 21.7 Å². The van der Waals surface area contributed by atoms with Gasteiger partial charge in [0.2, 0.25) is 17.7 Å². The molecule has 1 atom stereocenters. The molecular formula is C21H19N3O2S2. The molecule has 28 heavy (non-hydrogen) atoms. The molecule has 4 heterocycles. The minimum Gasteiger partial charge on any atom is -0.418 e. The van der Waals surface area contributed by atoms with Gasteiger partial charge in [-0.15, -0.1) is 21.5 Å². The van der Waals surface area contributed by atoms with Gasteiger partial charge in [-0.2, -0.15) is 11.3 Å². The highest BCUT2D eigenvalue weighted by atomic mass is 32.1. The van der Waals surface area contributed by atoms with E-state index >= 15 is 0 Å². The normalized spacial score (nSPS) is 16.9. The first-order chi connectivity index (χ1) is 13.7. The molecule has 1 saturated heterocycles. The maximum Gasteiger partial charge on any atom is 0.248 e. The van der Waals surface area contributed by atoms with Crippen molar-refractivity contribution in [3.05, 3.63) is 57.4 Å². The molecule has 0 saturated carbocycles. The van der Waals surface area contributed by atoms with Gasteiger partial charge in [0.25, 0.3) is 0 Å². The Kier molecular flexibility index (Phi) is 4.49. The van der Waals surface area contributed by atoms with Crippen molar-refractivity contribution < 1.29 is 9.21 Å². The zero-order valence-electron chi connectivity index (χ0n) is 15.4. The van der Waals surface area contributed by atoms with Crippen LogP contribution in [0.25, 0.3) is 21.5 Å². The highest BCUT2D eigenvalue weighted by molar-refractivity contribution is 7.17. The molecule has 7 heteroatoms. The summed E-state index contributed by atoms with van der Waals surface area (Å²) in [6.07, 6.45) is 2.22. The predicted octanol–water partition coefficient (Wildman–Crippen LogP) is 5.23. The van der Waals surface area contributed by atoms with Gasteiger partial charge >= 0.3 is 0 Å². The van der Waals surface area contributed by atoms with E-state index in [1.165, 1.54) is 15.6 Å². The lowest BCUT2D eigenvalue weighted by Gasteiger charge is -2.22. The van der Waals surface area contributed by atoms with Gasteiger partial charge in [-0.1, -0.05) is 17.7 Å². The third-order valence-corrected chi connectivity index (χ3v) is 6.91. The first-order valence-corrected chi connectivity index (χ1v) is 11.1. The number of benzene rings is 1. The fourth-order valence-electron chi connectivity index (χ4n) is 3.79. The zero-order chi connectivity index (χ0) is 19.1. The molecule has 0 aliphatic carbocycles. The van der Waals surface area contributed by atoms with Crippen molar-refractivity contribution in [1.29, 1.82) is 0 Å². The topological polar surface area (TPSA) is 59.2 Å². The third-order valence-electron chi connectivity index (χ3n) is 5.22. The Balaban J connectivity index is 1.37. The first kappa shape index (κ1) is 17.6. The summed E-state index contributed by atoms with van der Waals surface area (Å²) in [5.41, 5.74) is 3.24. The number of fused-ring (bicyclic) bond motifs is 1. The smallest absolute Gasteiger partial charge is 0.248 e. The van der Waals surface area contributed by atoms with Gasteiger partial charge in [-0.05, 0) is 53.6 Å². The van der Waals surface area contributed by atoms with E-state index in [4.69, 9.17) is 4.42 Å². The molecule has 142 valence electrons. The first-order valence-electron chi connectivity index (χ1n) is 9.31. The van der Waals surface area contributed by atoms with Gasteiger partial charge in [-0.3, -0.25) is 4.79 Å². The summed E-state index contributed by atoms with van der Waals surface area (Å²) in [4.78, 5) is 15.0. The summed E-state index contributed by atoms with van der Waals surface area (Å²) in [6.45, 7) is 2.82. The number of hydrogen-bond acceptors (Lipinski definition) is 6. The van der Waals surface area contributed by atoms with Gasteiger partial charge in [0.15, 0.2) is 0 Å². The quantitative estimate of drug-likeness (QED) is 0.463. The van der Waals surface area contributed by atoms with Crippen molar-refractivity contribution in [1.82, 2.24) is 15.1 Å². The number of likely N-dealkylation sites (tertiary alicyclic amines) is 1. The standard InChI is InChI=1S/C21H19N3O2S2/c1-13-4-5-18-16(9-13)15(12-28-18)10-19(25)24-7-2-3-17(24)21-23-22-20(26-21)14-6-8-27-11-14/h4-6,8-9,11-12,17H,2-3,7,10H2,1H3. The van der Waals surface area contributed by atoms with Gasteiger partial charge in [-0.25, -0.2) is 0 Å². The maximum absolute atomic E-state index is 13.1. The molecule has 1 amide bonds. The van der Waals surface area contributed by atoms with Crippen LogP contribution in [0.5, 0.6) is 0 Å². The van der Waals surface area contributed by atoms with E-state index in [2.05, 4.69) is 40.7 Å². The van der Waals surface area contributed by atoms with Crippen LogP contribution in [0.1, 0.15) is 35.9 Å². The number of amides is 1. The summed E-state index contributed by atoms with van der Waals surface area (Å²) in [6, 6.07) is 8.25. The lowest BCUT2D eigenvalue weighted by Crippen LogP contribution is -2.32. The predicted molar refractivity (Wildman–Crippen MR) is 112 cm³/mol. The fourth-order valence-corrected chi connectivity index (χ4v) is 5.36. The van der Waals surface area contributed by atoms with E-state index in [0.717, 1.165) is 30.5 Å². The number of thiophene rings is 2. The Morgan fingerprint density at radius 3 is 3.07 bits per heavy atom. The van der Waals surface area contributed by atoms with E-state index in [-0.39, 0.29) is 11.9 Å². The number of hydrogen-bond donors (Lipinski definition) is 0. The van der Waals surface area contributed by atoms with Crippen molar-refractivity contribution in [2.45, 2.75) is 32.2 Å². The summed E-state index contributed by atoms with van der Waals surface area (Å²) >= 11 is 3.29. The minimum absolute atomic E-state index is 0.124. The molecule has 5 nitrogen and oxygen atoms in total. The van der Waals surface area contributed by atoms with Crippen LogP contribution in [0, 0.1) is 6.92 Å². The SMILES string of the molecule is Cc1ccc2scc(CC(=O)N3CCCC3c3nnc(-c4ccsc4)o3)c2c1. The molecule has 1 unspecified atom stereocenters. The van der Waals surface area contributed by atoms with Crippen molar-refractivity contribution in [3.63, 3.8) is 0 Å². The van der Waals surface area contributed by atoms with Crippen LogP contribution in [0.2, 0.25) is 0 Å². The van der Waals surface area contributed by atoms with Gasteiger partial charge in [0.05, 0.1) is 6.42 Å². The molecular weight excluding hydrogens is 390 g/mol. The molecule has 0 N–H and O–H groups in total. The van der Waals surface area contributed by atoms with Crippen molar-refractivity contribution in [2.24, 2.45) is 0 Å². The maximum atomic E-state index is 13.1. The summed E-state index contributed by atoms with van der Waals surface area (Å²) in [5.74, 6) is 1.19. The van der Waals surface area contributed by atoms with Crippen molar-refractivity contribution in [3.8, 4) is 11.5 Å². The molecule has 1 aliphatic rings. The van der Waals surface area contributed by atoms with E-state index < -0.39 is 0 Å². The summed E-state index contributed by atoms with van der Waals surface area (Å²) < 4.78 is 7.13. The molecule has 5 rings (SSSR count). The monoisotopic (exact) mass is 409 g/mol. The van der Waals surface area contributed by atoms with Crippen molar-refractivity contribution in [2.75, 3.05) is 6.54 Å². The molecule has 3 aromatic heterocycles. The largest absolute Gasteiger partial charge is 0.418 e. The van der Waals surface area contributed by atoms with E-state index in [1.54, 1.807) is 22.7 Å². The number of aromatic nitrogens is 2. The lowest BCUT2D eigenvalue weighted by molar-refractivity contribution is -0.131. The summed E-state index contributed by atoms with van der Waals surface area (Å²) in [7, 11) is 0. The second-order valence-corrected chi connectivity index (χ2v) is 8.83. The molecule has 0 radical (unpaired) electrons. The van der Waals surface area contributed by atoms with Crippen LogP contribution >= 0.6 is 22.7 Å². The Morgan fingerprint density at radius 2 is 2.21 bits per heavy atom. The number of rotatable bonds is 4. The highest BCUT2D eigenvalue weighted by Gasteiger charge is 2.34. The Bertz CT molecular complexity index is 1130. The average molecular weight is 410 g/mol. The van der Waals surface area contributed by atoms with Crippen LogP contribution in [-0.2, 0) is 11.2 Å². The van der Waals surface area contributed by atoms with E-state index in [0.29, 0.717) is 18.2 Å². The number of carbonyl (C=O) groups is 1.